The Bertz CT molecular complexity index is 457. The van der Waals surface area contributed by atoms with Crippen LogP contribution in [0.15, 0.2) is 33.6 Å². The third kappa shape index (κ3) is 5.47. The average Bonchev–Trinajstić information content (AvgIpc) is 2.48. The number of hydrogen-bond acceptors (Lipinski definition) is 3. The predicted octanol–water partition coefficient (Wildman–Crippen LogP) is 3.56. The molecule has 0 spiro atoms. The van der Waals surface area contributed by atoms with E-state index in [-0.39, 0.29) is 23.6 Å². The zero-order chi connectivity index (χ0) is 14.5. The molecule has 0 bridgehead atoms. The lowest BCUT2D eigenvalue weighted by atomic mass is 10.1. The molecule has 1 N–H and O–H groups in total. The second-order valence-corrected chi connectivity index (χ2v) is 7.46. The first kappa shape index (κ1) is 18.8. The van der Waals surface area contributed by atoms with E-state index in [1.54, 1.807) is 11.8 Å². The number of benzene rings is 1. The van der Waals surface area contributed by atoms with Gasteiger partial charge in [0.15, 0.2) is 0 Å². The smallest absolute Gasteiger partial charge is 0.235 e. The summed E-state index contributed by atoms with van der Waals surface area (Å²) in [6, 6.07) is 8.56. The Kier molecular flexibility index (Phi) is 8.09. The van der Waals surface area contributed by atoms with Gasteiger partial charge < -0.3 is 10.2 Å². The quantitative estimate of drug-likeness (QED) is 0.794. The summed E-state index contributed by atoms with van der Waals surface area (Å²) in [5.74, 6) is 0.248. The minimum absolute atomic E-state index is 0. The first-order chi connectivity index (χ1) is 9.60. The second-order valence-electron chi connectivity index (χ2n) is 5.13. The van der Waals surface area contributed by atoms with Gasteiger partial charge >= 0.3 is 0 Å². The van der Waals surface area contributed by atoms with Crippen LogP contribution in [0.1, 0.15) is 19.8 Å². The maximum atomic E-state index is 12.5. The molecule has 0 saturated carbocycles. The molecule has 2 rings (SSSR count). The van der Waals surface area contributed by atoms with Crippen molar-refractivity contribution in [2.24, 2.45) is 0 Å². The van der Waals surface area contributed by atoms with Gasteiger partial charge in [-0.3, -0.25) is 4.79 Å². The molecule has 2 unspecified atom stereocenters. The summed E-state index contributed by atoms with van der Waals surface area (Å²) in [6.45, 7) is 3.72. The van der Waals surface area contributed by atoms with Crippen LogP contribution < -0.4 is 5.32 Å². The van der Waals surface area contributed by atoms with Gasteiger partial charge in [-0.2, -0.15) is 0 Å². The third-order valence-corrected chi connectivity index (χ3v) is 5.24. The van der Waals surface area contributed by atoms with Gasteiger partial charge in [-0.1, -0.05) is 15.9 Å². The van der Waals surface area contributed by atoms with Crippen LogP contribution in [-0.4, -0.2) is 42.2 Å². The van der Waals surface area contributed by atoms with Crippen LogP contribution in [0, 0.1) is 0 Å². The van der Waals surface area contributed by atoms with Gasteiger partial charge in [0.25, 0.3) is 0 Å². The molecule has 0 aliphatic carbocycles. The van der Waals surface area contributed by atoms with Crippen LogP contribution in [0.25, 0.3) is 0 Å². The van der Waals surface area contributed by atoms with Crippen molar-refractivity contribution in [3.05, 3.63) is 28.7 Å². The summed E-state index contributed by atoms with van der Waals surface area (Å²) in [4.78, 5) is 15.6. The van der Waals surface area contributed by atoms with Crippen LogP contribution in [0.3, 0.4) is 0 Å². The van der Waals surface area contributed by atoms with Gasteiger partial charge in [0.2, 0.25) is 5.91 Å². The van der Waals surface area contributed by atoms with Gasteiger partial charge in [0.1, 0.15) is 0 Å². The fourth-order valence-corrected chi connectivity index (χ4v) is 3.65. The van der Waals surface area contributed by atoms with Crippen molar-refractivity contribution in [1.82, 2.24) is 10.2 Å². The molecule has 21 heavy (non-hydrogen) atoms. The minimum Gasteiger partial charge on any atom is -0.340 e. The number of nitrogens with zero attached hydrogens (tertiary/aromatic N) is 1. The van der Waals surface area contributed by atoms with Crippen LogP contribution in [0.5, 0.6) is 0 Å². The van der Waals surface area contributed by atoms with Crippen LogP contribution in [-0.2, 0) is 4.79 Å². The molecule has 2 atom stereocenters. The molecule has 1 aromatic carbocycles. The van der Waals surface area contributed by atoms with E-state index in [0.29, 0.717) is 6.04 Å². The van der Waals surface area contributed by atoms with Crippen molar-refractivity contribution in [3.8, 4) is 0 Å². The van der Waals surface area contributed by atoms with Crippen molar-refractivity contribution in [2.75, 3.05) is 20.1 Å². The molecule has 6 heteroatoms. The van der Waals surface area contributed by atoms with Crippen molar-refractivity contribution in [2.45, 2.75) is 36.0 Å². The number of hydrogen-bond donors (Lipinski definition) is 1. The summed E-state index contributed by atoms with van der Waals surface area (Å²) in [6.07, 6.45) is 2.25. The van der Waals surface area contributed by atoms with E-state index < -0.39 is 0 Å². The van der Waals surface area contributed by atoms with Crippen molar-refractivity contribution >= 4 is 46.0 Å². The van der Waals surface area contributed by atoms with E-state index in [0.717, 1.165) is 35.3 Å². The molecule has 0 aromatic heterocycles. The normalized spacial score (nSPS) is 19.8. The SMILES string of the molecule is CNC1CCCN(C(=O)C(C)Sc2ccc(Br)cc2)C1.Cl. The molecular formula is C15H22BrClN2OS. The van der Waals surface area contributed by atoms with E-state index in [1.807, 2.05) is 43.1 Å². The average molecular weight is 394 g/mol. The molecule has 1 saturated heterocycles. The maximum absolute atomic E-state index is 12.5. The summed E-state index contributed by atoms with van der Waals surface area (Å²) < 4.78 is 1.06. The highest BCUT2D eigenvalue weighted by atomic mass is 79.9. The lowest BCUT2D eigenvalue weighted by Crippen LogP contribution is -2.49. The number of thioether (sulfide) groups is 1. The number of likely N-dealkylation sites (tertiary alicyclic amines) is 1. The zero-order valence-corrected chi connectivity index (χ0v) is 15.6. The zero-order valence-electron chi connectivity index (χ0n) is 12.3. The van der Waals surface area contributed by atoms with Crippen molar-refractivity contribution < 1.29 is 4.79 Å². The van der Waals surface area contributed by atoms with Gasteiger partial charge in [-0.15, -0.1) is 24.2 Å². The van der Waals surface area contributed by atoms with Gasteiger partial charge in [-0.05, 0) is 51.1 Å². The monoisotopic (exact) mass is 392 g/mol. The first-order valence-corrected chi connectivity index (χ1v) is 8.65. The Labute approximate surface area is 145 Å². The van der Waals surface area contributed by atoms with Crippen LogP contribution >= 0.6 is 40.1 Å². The first-order valence-electron chi connectivity index (χ1n) is 6.98. The predicted molar refractivity (Wildman–Crippen MR) is 95.4 cm³/mol. The fraction of sp³-hybridized carbons (Fsp3) is 0.533. The Morgan fingerprint density at radius 3 is 2.71 bits per heavy atom. The number of carbonyl (C=O) groups is 1. The van der Waals surface area contributed by atoms with E-state index >= 15 is 0 Å². The highest BCUT2D eigenvalue weighted by molar-refractivity contribution is 9.10. The van der Waals surface area contributed by atoms with Crippen molar-refractivity contribution in [1.29, 1.82) is 0 Å². The van der Waals surface area contributed by atoms with E-state index in [1.165, 1.54) is 0 Å². The molecule has 0 radical (unpaired) electrons. The Balaban J connectivity index is 0.00000220. The Morgan fingerprint density at radius 1 is 1.43 bits per heavy atom. The van der Waals surface area contributed by atoms with Gasteiger partial charge in [0, 0.05) is 28.5 Å². The fourth-order valence-electron chi connectivity index (χ4n) is 2.44. The van der Waals surface area contributed by atoms with E-state index in [2.05, 4.69) is 21.2 Å². The number of carbonyl (C=O) groups excluding carboxylic acids is 1. The number of halogens is 2. The molecule has 1 amide bonds. The molecule has 1 fully saturated rings. The molecule has 1 aromatic rings. The molecule has 1 aliphatic rings. The standard InChI is InChI=1S/C15H21BrN2OS.ClH/c1-11(20-14-7-5-12(16)6-8-14)15(19)18-9-3-4-13(10-18)17-2;/h5-8,11,13,17H,3-4,9-10H2,1-2H3;1H. The minimum atomic E-state index is -0.0354. The molecule has 1 heterocycles. The largest absolute Gasteiger partial charge is 0.340 e. The van der Waals surface area contributed by atoms with Gasteiger partial charge in [0.05, 0.1) is 5.25 Å². The lowest BCUT2D eigenvalue weighted by Gasteiger charge is -2.34. The molecule has 3 nitrogen and oxygen atoms in total. The molecule has 1 aliphatic heterocycles. The lowest BCUT2D eigenvalue weighted by molar-refractivity contribution is -0.131. The van der Waals surface area contributed by atoms with Gasteiger partial charge in [-0.25, -0.2) is 0 Å². The highest BCUT2D eigenvalue weighted by Gasteiger charge is 2.26. The second kappa shape index (κ2) is 9.03. The molecule has 118 valence electrons. The maximum Gasteiger partial charge on any atom is 0.235 e. The Morgan fingerprint density at radius 2 is 2.10 bits per heavy atom. The summed E-state index contributed by atoms with van der Waals surface area (Å²) >= 11 is 5.06. The number of likely N-dealkylation sites (N-methyl/N-ethyl adjacent to an activating group) is 1. The summed E-state index contributed by atoms with van der Waals surface area (Å²) in [5, 5.41) is 3.24. The molecular weight excluding hydrogens is 372 g/mol. The van der Waals surface area contributed by atoms with E-state index in [9.17, 15) is 4.79 Å². The topological polar surface area (TPSA) is 32.3 Å². The number of nitrogens with one attached hydrogen (secondary N) is 1. The Hall–Kier alpha value is -0.230. The summed E-state index contributed by atoms with van der Waals surface area (Å²) in [5.41, 5.74) is 0. The van der Waals surface area contributed by atoms with Crippen molar-refractivity contribution in [3.63, 3.8) is 0 Å². The number of amides is 1. The van der Waals surface area contributed by atoms with Crippen LogP contribution in [0.4, 0.5) is 0 Å². The van der Waals surface area contributed by atoms with Crippen LogP contribution in [0.2, 0.25) is 0 Å². The number of piperidine rings is 1. The highest BCUT2D eigenvalue weighted by Crippen LogP contribution is 2.26. The number of rotatable bonds is 4. The third-order valence-electron chi connectivity index (χ3n) is 3.62. The van der Waals surface area contributed by atoms with E-state index in [4.69, 9.17) is 0 Å². The summed E-state index contributed by atoms with van der Waals surface area (Å²) in [7, 11) is 1.97.